The Bertz CT molecular complexity index is 528. The van der Waals surface area contributed by atoms with Gasteiger partial charge in [0.05, 0.1) is 4.91 Å². The molecule has 2 rings (SSSR count). The first-order chi connectivity index (χ1) is 8.63. The van der Waals surface area contributed by atoms with Gasteiger partial charge >= 0.3 is 0 Å². The first-order valence-corrected chi connectivity index (χ1v) is 6.31. The van der Waals surface area contributed by atoms with E-state index in [-0.39, 0.29) is 24.2 Å². The molecule has 1 saturated heterocycles. The van der Waals surface area contributed by atoms with Crippen LogP contribution in [0, 0.1) is 6.92 Å². The normalized spacial score (nSPS) is 17.9. The molecular weight excluding hydrogens is 250 g/mol. The number of nitrogens with two attached hydrogens (primary N) is 1. The second-order valence-corrected chi connectivity index (χ2v) is 4.85. The van der Waals surface area contributed by atoms with Gasteiger partial charge < -0.3 is 5.73 Å². The number of thioether (sulfide) groups is 1. The molecule has 6 heteroatoms. The summed E-state index contributed by atoms with van der Waals surface area (Å²) in [6, 6.07) is 1.86. The van der Waals surface area contributed by atoms with Crippen LogP contribution in [-0.2, 0) is 4.79 Å². The number of rotatable bonds is 3. The molecule has 0 spiro atoms. The van der Waals surface area contributed by atoms with Crippen molar-refractivity contribution in [3.05, 3.63) is 34.5 Å². The quantitative estimate of drug-likeness (QED) is 0.834. The Balaban J connectivity index is 2.28. The molecule has 0 atom stereocenters. The zero-order valence-corrected chi connectivity index (χ0v) is 10.7. The lowest BCUT2D eigenvalue weighted by Crippen LogP contribution is -2.33. The highest BCUT2D eigenvalue weighted by Crippen LogP contribution is 2.32. The third-order valence-electron chi connectivity index (χ3n) is 2.59. The van der Waals surface area contributed by atoms with Crippen molar-refractivity contribution in [2.24, 2.45) is 5.73 Å². The molecule has 5 nitrogen and oxygen atoms in total. The second-order valence-electron chi connectivity index (χ2n) is 3.85. The van der Waals surface area contributed by atoms with Gasteiger partial charge in [-0.15, -0.1) is 0 Å². The Hall–Kier alpha value is -1.66. The highest BCUT2D eigenvalue weighted by atomic mass is 32.2. The molecule has 94 valence electrons. The van der Waals surface area contributed by atoms with Crippen LogP contribution in [0.3, 0.4) is 0 Å². The van der Waals surface area contributed by atoms with E-state index in [2.05, 4.69) is 4.98 Å². The van der Waals surface area contributed by atoms with Crippen molar-refractivity contribution in [2.45, 2.75) is 6.92 Å². The third kappa shape index (κ3) is 2.44. The van der Waals surface area contributed by atoms with Gasteiger partial charge in [-0.1, -0.05) is 0 Å². The van der Waals surface area contributed by atoms with E-state index in [4.69, 9.17) is 5.73 Å². The Morgan fingerprint density at radius 2 is 2.28 bits per heavy atom. The van der Waals surface area contributed by atoms with Crippen LogP contribution in [0.1, 0.15) is 11.1 Å². The van der Waals surface area contributed by atoms with E-state index in [1.54, 1.807) is 18.5 Å². The summed E-state index contributed by atoms with van der Waals surface area (Å²) in [7, 11) is 0. The number of hydrogen-bond donors (Lipinski definition) is 1. The van der Waals surface area contributed by atoms with Gasteiger partial charge in [0.15, 0.2) is 0 Å². The molecule has 2 heterocycles. The van der Waals surface area contributed by atoms with Crippen molar-refractivity contribution < 1.29 is 9.59 Å². The molecule has 0 saturated carbocycles. The number of aryl methyl sites for hydroxylation is 1. The summed E-state index contributed by atoms with van der Waals surface area (Å²) in [5, 5.41) is -0.266. The van der Waals surface area contributed by atoms with E-state index in [0.717, 1.165) is 22.9 Å². The second kappa shape index (κ2) is 5.32. The number of imide groups is 1. The van der Waals surface area contributed by atoms with Gasteiger partial charge in [-0.25, -0.2) is 0 Å². The van der Waals surface area contributed by atoms with Gasteiger partial charge in [0, 0.05) is 25.5 Å². The van der Waals surface area contributed by atoms with Crippen LogP contribution >= 0.6 is 11.8 Å². The maximum Gasteiger partial charge on any atom is 0.293 e. The number of amides is 2. The molecule has 0 radical (unpaired) electrons. The van der Waals surface area contributed by atoms with Gasteiger partial charge in [0.25, 0.3) is 11.1 Å². The van der Waals surface area contributed by atoms with Crippen LogP contribution in [0.25, 0.3) is 6.08 Å². The molecule has 0 unspecified atom stereocenters. The number of carbonyl (C=O) groups is 2. The SMILES string of the molecule is Cc1ccncc1/C=C1/SC(=O)N(CCN)C1=O. The molecule has 0 aliphatic carbocycles. The lowest BCUT2D eigenvalue weighted by Gasteiger charge is -2.09. The Labute approximate surface area is 109 Å². The fourth-order valence-corrected chi connectivity index (χ4v) is 2.45. The van der Waals surface area contributed by atoms with E-state index in [9.17, 15) is 9.59 Å². The Kier molecular flexibility index (Phi) is 3.78. The van der Waals surface area contributed by atoms with Gasteiger partial charge in [0.2, 0.25) is 0 Å². The number of hydrogen-bond acceptors (Lipinski definition) is 5. The summed E-state index contributed by atoms with van der Waals surface area (Å²) < 4.78 is 0. The Morgan fingerprint density at radius 3 is 2.94 bits per heavy atom. The van der Waals surface area contributed by atoms with Gasteiger partial charge in [-0.3, -0.25) is 19.5 Å². The monoisotopic (exact) mass is 263 g/mol. The topological polar surface area (TPSA) is 76.3 Å². The molecule has 1 fully saturated rings. The van der Waals surface area contributed by atoms with Crippen molar-refractivity contribution in [1.82, 2.24) is 9.88 Å². The minimum atomic E-state index is -0.279. The molecule has 1 aromatic heterocycles. The lowest BCUT2D eigenvalue weighted by molar-refractivity contribution is -0.122. The van der Waals surface area contributed by atoms with Gasteiger partial charge in [0.1, 0.15) is 0 Å². The summed E-state index contributed by atoms with van der Waals surface area (Å²) in [4.78, 5) is 29.2. The number of aromatic nitrogens is 1. The van der Waals surface area contributed by atoms with Crippen LogP contribution in [-0.4, -0.2) is 34.1 Å². The summed E-state index contributed by atoms with van der Waals surface area (Å²) >= 11 is 0.940. The predicted octanol–water partition coefficient (Wildman–Crippen LogP) is 1.39. The molecule has 18 heavy (non-hydrogen) atoms. The summed E-state index contributed by atoms with van der Waals surface area (Å²) in [6.45, 7) is 2.46. The van der Waals surface area contributed by atoms with Crippen molar-refractivity contribution in [1.29, 1.82) is 0 Å². The van der Waals surface area contributed by atoms with E-state index >= 15 is 0 Å². The zero-order chi connectivity index (χ0) is 13.1. The highest BCUT2D eigenvalue weighted by Gasteiger charge is 2.34. The fourth-order valence-electron chi connectivity index (χ4n) is 1.59. The molecule has 0 aromatic carbocycles. The van der Waals surface area contributed by atoms with E-state index < -0.39 is 0 Å². The molecule has 1 aliphatic rings. The van der Waals surface area contributed by atoms with Crippen LogP contribution in [0.4, 0.5) is 4.79 Å². The number of nitrogens with zero attached hydrogens (tertiary/aromatic N) is 2. The maximum absolute atomic E-state index is 12.0. The predicted molar refractivity (Wildman–Crippen MR) is 70.7 cm³/mol. The van der Waals surface area contributed by atoms with Crippen molar-refractivity contribution in [2.75, 3.05) is 13.1 Å². The van der Waals surface area contributed by atoms with E-state index in [0.29, 0.717) is 4.91 Å². The van der Waals surface area contributed by atoms with Crippen molar-refractivity contribution >= 4 is 29.0 Å². The third-order valence-corrected chi connectivity index (χ3v) is 3.50. The standard InChI is InChI=1S/C12H13N3O2S/c1-8-2-4-14-7-9(8)6-10-11(16)15(5-3-13)12(17)18-10/h2,4,6-7H,3,5,13H2,1H3/b10-6+. The van der Waals surface area contributed by atoms with Crippen LogP contribution < -0.4 is 5.73 Å². The van der Waals surface area contributed by atoms with E-state index in [1.165, 1.54) is 4.90 Å². The van der Waals surface area contributed by atoms with Crippen LogP contribution in [0.15, 0.2) is 23.4 Å². The average Bonchev–Trinajstić information content (AvgIpc) is 2.60. The van der Waals surface area contributed by atoms with Crippen LogP contribution in [0.5, 0.6) is 0 Å². The van der Waals surface area contributed by atoms with E-state index in [1.807, 2.05) is 13.0 Å². The van der Waals surface area contributed by atoms with Gasteiger partial charge in [-0.05, 0) is 42.0 Å². The molecule has 1 aliphatic heterocycles. The molecule has 0 bridgehead atoms. The lowest BCUT2D eigenvalue weighted by atomic mass is 10.1. The largest absolute Gasteiger partial charge is 0.329 e. The Morgan fingerprint density at radius 1 is 1.50 bits per heavy atom. The van der Waals surface area contributed by atoms with Gasteiger partial charge in [-0.2, -0.15) is 0 Å². The minimum absolute atomic E-state index is 0.258. The van der Waals surface area contributed by atoms with Crippen LogP contribution in [0.2, 0.25) is 0 Å². The summed E-state index contributed by atoms with van der Waals surface area (Å²) in [5.41, 5.74) is 7.22. The fraction of sp³-hybridized carbons (Fsp3) is 0.250. The molecule has 1 aromatic rings. The average molecular weight is 263 g/mol. The first-order valence-electron chi connectivity index (χ1n) is 5.49. The zero-order valence-electron chi connectivity index (χ0n) is 9.92. The highest BCUT2D eigenvalue weighted by molar-refractivity contribution is 8.18. The summed E-state index contributed by atoms with van der Waals surface area (Å²) in [6.07, 6.45) is 5.06. The maximum atomic E-state index is 12.0. The molecule has 2 amide bonds. The van der Waals surface area contributed by atoms with Crippen molar-refractivity contribution in [3.63, 3.8) is 0 Å². The smallest absolute Gasteiger partial charge is 0.293 e. The first kappa shape index (κ1) is 12.8. The number of carbonyl (C=O) groups excluding carboxylic acids is 2. The molecule has 2 N–H and O–H groups in total. The summed E-state index contributed by atoms with van der Waals surface area (Å²) in [5.74, 6) is -0.279. The minimum Gasteiger partial charge on any atom is -0.329 e. The number of pyridine rings is 1. The van der Waals surface area contributed by atoms with Crippen molar-refractivity contribution in [3.8, 4) is 0 Å². The molecular formula is C12H13N3O2S.